The Morgan fingerprint density at radius 3 is 2.71 bits per heavy atom. The first kappa shape index (κ1) is 17.6. The molecule has 0 aliphatic heterocycles. The summed E-state index contributed by atoms with van der Waals surface area (Å²) < 4.78 is 13.0. The summed E-state index contributed by atoms with van der Waals surface area (Å²) >= 11 is 0. The Morgan fingerprint density at radius 2 is 2.10 bits per heavy atom. The maximum Gasteiger partial charge on any atom is 0.225 e. The lowest BCUT2D eigenvalue weighted by Crippen LogP contribution is -2.33. The quantitative estimate of drug-likeness (QED) is 0.774. The normalized spacial score (nSPS) is 12.7. The molecule has 4 nitrogen and oxygen atoms in total. The molecule has 0 radical (unpaired) electrons. The van der Waals surface area contributed by atoms with Crippen molar-refractivity contribution in [3.63, 3.8) is 0 Å². The molecule has 1 atom stereocenters. The number of anilines is 1. The average molecular weight is 295 g/mol. The van der Waals surface area contributed by atoms with Crippen LogP contribution in [0.25, 0.3) is 0 Å². The highest BCUT2D eigenvalue weighted by atomic mass is 19.1. The van der Waals surface area contributed by atoms with E-state index in [4.69, 9.17) is 5.73 Å². The van der Waals surface area contributed by atoms with Gasteiger partial charge in [0.2, 0.25) is 5.91 Å². The first-order valence-electron chi connectivity index (χ1n) is 7.38. The van der Waals surface area contributed by atoms with Crippen LogP contribution in [0.15, 0.2) is 24.3 Å². The minimum absolute atomic E-state index is 0.111. The van der Waals surface area contributed by atoms with Gasteiger partial charge in [-0.05, 0) is 44.1 Å². The number of hydrogen-bond acceptors (Lipinski definition) is 3. The van der Waals surface area contributed by atoms with Crippen molar-refractivity contribution in [3.8, 4) is 0 Å². The molecule has 0 aromatic heterocycles. The summed E-state index contributed by atoms with van der Waals surface area (Å²) in [5.74, 6) is 0.00266. The molecule has 0 saturated carbocycles. The number of benzene rings is 1. The summed E-state index contributed by atoms with van der Waals surface area (Å²) in [6.45, 7) is 5.74. The van der Waals surface area contributed by atoms with Gasteiger partial charge in [0.05, 0.1) is 0 Å². The molecule has 118 valence electrons. The highest BCUT2D eigenvalue weighted by molar-refractivity contribution is 5.90. The Balaban J connectivity index is 2.26. The van der Waals surface area contributed by atoms with Crippen molar-refractivity contribution >= 4 is 11.6 Å². The molecule has 1 rings (SSSR count). The lowest BCUT2D eigenvalue weighted by molar-refractivity contribution is -0.116. The molecule has 1 aromatic carbocycles. The molecule has 0 aliphatic carbocycles. The van der Waals surface area contributed by atoms with Crippen molar-refractivity contribution in [2.75, 3.05) is 25.5 Å². The fourth-order valence-corrected chi connectivity index (χ4v) is 1.90. The van der Waals surface area contributed by atoms with E-state index in [9.17, 15) is 9.18 Å². The Kier molecular flexibility index (Phi) is 7.32. The number of rotatable bonds is 8. The van der Waals surface area contributed by atoms with Crippen molar-refractivity contribution in [2.45, 2.75) is 32.7 Å². The van der Waals surface area contributed by atoms with Gasteiger partial charge in [0.25, 0.3) is 0 Å². The zero-order valence-electron chi connectivity index (χ0n) is 13.1. The molecular formula is C16H26FN3O. The van der Waals surface area contributed by atoms with E-state index in [1.165, 1.54) is 12.1 Å². The summed E-state index contributed by atoms with van der Waals surface area (Å²) in [5.41, 5.74) is 6.49. The maximum atomic E-state index is 13.0. The largest absolute Gasteiger partial charge is 0.327 e. The third-order valence-electron chi connectivity index (χ3n) is 3.53. The Bertz CT molecular complexity index is 451. The van der Waals surface area contributed by atoms with E-state index in [0.29, 0.717) is 24.6 Å². The van der Waals surface area contributed by atoms with Gasteiger partial charge in [0.1, 0.15) is 5.82 Å². The fourth-order valence-electron chi connectivity index (χ4n) is 1.90. The van der Waals surface area contributed by atoms with E-state index in [2.05, 4.69) is 24.1 Å². The number of carbonyl (C=O) groups is 1. The van der Waals surface area contributed by atoms with Gasteiger partial charge in [-0.25, -0.2) is 4.39 Å². The standard InChI is InChI=1S/C16H26FN3O/c1-12(2)15(18)7-9-20(3)10-8-16(21)19-14-6-4-5-13(17)11-14/h4-6,11-12,15H,7-10,18H2,1-3H3,(H,19,21). The molecule has 0 heterocycles. The van der Waals surface area contributed by atoms with Crippen LogP contribution in [0.3, 0.4) is 0 Å². The van der Waals surface area contributed by atoms with Crippen LogP contribution in [0.4, 0.5) is 10.1 Å². The molecule has 0 saturated heterocycles. The Labute approximate surface area is 126 Å². The average Bonchev–Trinajstić information content (AvgIpc) is 2.42. The first-order valence-corrected chi connectivity index (χ1v) is 7.38. The van der Waals surface area contributed by atoms with Gasteiger partial charge < -0.3 is 16.0 Å². The summed E-state index contributed by atoms with van der Waals surface area (Å²) in [5, 5.41) is 2.69. The zero-order chi connectivity index (χ0) is 15.8. The van der Waals surface area contributed by atoms with E-state index >= 15 is 0 Å². The van der Waals surface area contributed by atoms with Crippen LogP contribution in [-0.2, 0) is 4.79 Å². The van der Waals surface area contributed by atoms with Gasteiger partial charge in [-0.1, -0.05) is 19.9 Å². The van der Waals surface area contributed by atoms with Crippen LogP contribution < -0.4 is 11.1 Å². The monoisotopic (exact) mass is 295 g/mol. The highest BCUT2D eigenvalue weighted by Gasteiger charge is 2.10. The van der Waals surface area contributed by atoms with E-state index in [-0.39, 0.29) is 17.8 Å². The van der Waals surface area contributed by atoms with Crippen LogP contribution in [0.5, 0.6) is 0 Å². The van der Waals surface area contributed by atoms with Crippen molar-refractivity contribution in [1.29, 1.82) is 0 Å². The summed E-state index contributed by atoms with van der Waals surface area (Å²) in [6, 6.07) is 6.09. The molecule has 3 N–H and O–H groups in total. The number of nitrogens with two attached hydrogens (primary N) is 1. The van der Waals surface area contributed by atoms with Gasteiger partial charge in [-0.3, -0.25) is 4.79 Å². The molecular weight excluding hydrogens is 269 g/mol. The van der Waals surface area contributed by atoms with E-state index in [0.717, 1.165) is 13.0 Å². The second-order valence-corrected chi connectivity index (χ2v) is 5.81. The second kappa shape index (κ2) is 8.74. The molecule has 0 bridgehead atoms. The molecule has 1 amide bonds. The minimum atomic E-state index is -0.354. The summed E-state index contributed by atoms with van der Waals surface area (Å²) in [4.78, 5) is 13.9. The lowest BCUT2D eigenvalue weighted by Gasteiger charge is -2.21. The minimum Gasteiger partial charge on any atom is -0.327 e. The molecule has 5 heteroatoms. The summed E-state index contributed by atoms with van der Waals surface area (Å²) in [7, 11) is 1.97. The molecule has 0 fully saturated rings. The topological polar surface area (TPSA) is 58.4 Å². The van der Waals surface area contributed by atoms with Gasteiger partial charge in [-0.2, -0.15) is 0 Å². The number of halogens is 1. The number of nitrogens with one attached hydrogen (secondary N) is 1. The first-order chi connectivity index (χ1) is 9.88. The highest BCUT2D eigenvalue weighted by Crippen LogP contribution is 2.09. The molecule has 1 aromatic rings. The third-order valence-corrected chi connectivity index (χ3v) is 3.53. The Morgan fingerprint density at radius 1 is 1.38 bits per heavy atom. The summed E-state index contributed by atoms with van der Waals surface area (Å²) in [6.07, 6.45) is 1.30. The van der Waals surface area contributed by atoms with Gasteiger partial charge in [0.15, 0.2) is 0 Å². The van der Waals surface area contributed by atoms with Crippen LogP contribution in [0, 0.1) is 11.7 Å². The molecule has 0 aliphatic rings. The number of carbonyl (C=O) groups excluding carboxylic acids is 1. The molecule has 21 heavy (non-hydrogen) atoms. The number of amides is 1. The SMILES string of the molecule is CC(C)C(N)CCN(C)CCC(=O)Nc1cccc(F)c1. The number of hydrogen-bond donors (Lipinski definition) is 2. The van der Waals surface area contributed by atoms with Gasteiger partial charge >= 0.3 is 0 Å². The fraction of sp³-hybridized carbons (Fsp3) is 0.562. The zero-order valence-corrected chi connectivity index (χ0v) is 13.1. The predicted octanol–water partition coefficient (Wildman–Crippen LogP) is 2.46. The molecule has 0 spiro atoms. The predicted molar refractivity (Wildman–Crippen MR) is 84.6 cm³/mol. The lowest BCUT2D eigenvalue weighted by atomic mass is 10.0. The molecule has 1 unspecified atom stereocenters. The second-order valence-electron chi connectivity index (χ2n) is 5.81. The number of nitrogens with zero attached hydrogens (tertiary/aromatic N) is 1. The van der Waals surface area contributed by atoms with Crippen molar-refractivity contribution < 1.29 is 9.18 Å². The van der Waals surface area contributed by atoms with Crippen molar-refractivity contribution in [1.82, 2.24) is 4.90 Å². The smallest absolute Gasteiger partial charge is 0.225 e. The third kappa shape index (κ3) is 7.20. The van der Waals surface area contributed by atoms with E-state index in [1.807, 2.05) is 7.05 Å². The van der Waals surface area contributed by atoms with Crippen LogP contribution in [0.1, 0.15) is 26.7 Å². The van der Waals surface area contributed by atoms with Crippen molar-refractivity contribution in [2.24, 2.45) is 11.7 Å². The van der Waals surface area contributed by atoms with Crippen LogP contribution in [0.2, 0.25) is 0 Å². The van der Waals surface area contributed by atoms with E-state index in [1.54, 1.807) is 12.1 Å². The maximum absolute atomic E-state index is 13.0. The van der Waals surface area contributed by atoms with Crippen molar-refractivity contribution in [3.05, 3.63) is 30.1 Å². The Hall–Kier alpha value is -1.46. The van der Waals surface area contributed by atoms with E-state index < -0.39 is 0 Å². The van der Waals surface area contributed by atoms with Gasteiger partial charge in [-0.15, -0.1) is 0 Å². The van der Waals surface area contributed by atoms with Crippen LogP contribution >= 0.6 is 0 Å². The van der Waals surface area contributed by atoms with Gasteiger partial charge in [0, 0.05) is 24.7 Å². The van der Waals surface area contributed by atoms with Crippen LogP contribution in [-0.4, -0.2) is 37.0 Å².